The molecule has 1 N–H and O–H groups in total. The fraction of sp³-hybridized carbons (Fsp3) is 0.421. The molecule has 0 radical (unpaired) electrons. The topological polar surface area (TPSA) is 58.1 Å². The number of nitrogens with one attached hydrogen (secondary N) is 1. The maximum absolute atomic E-state index is 11.8. The van der Waals surface area contributed by atoms with Crippen molar-refractivity contribution in [1.29, 1.82) is 0 Å². The SMILES string of the molecule is CC(C)(C)c1nccc(NCc2ccc(N3CCCC3=O)cc2)n1. The lowest BCUT2D eigenvalue weighted by molar-refractivity contribution is -0.117. The number of hydrogen-bond acceptors (Lipinski definition) is 4. The zero-order valence-corrected chi connectivity index (χ0v) is 14.5. The van der Waals surface area contributed by atoms with Gasteiger partial charge in [-0.1, -0.05) is 32.9 Å². The first-order valence-corrected chi connectivity index (χ1v) is 8.40. The summed E-state index contributed by atoms with van der Waals surface area (Å²) >= 11 is 0. The van der Waals surface area contributed by atoms with E-state index in [9.17, 15) is 4.79 Å². The Kier molecular flexibility index (Phi) is 4.51. The van der Waals surface area contributed by atoms with Crippen LogP contribution in [-0.4, -0.2) is 22.4 Å². The molecule has 1 aliphatic rings. The molecule has 126 valence electrons. The number of anilines is 2. The van der Waals surface area contributed by atoms with Gasteiger partial charge in [0.1, 0.15) is 11.6 Å². The van der Waals surface area contributed by atoms with Crippen LogP contribution >= 0.6 is 0 Å². The lowest BCUT2D eigenvalue weighted by atomic mass is 9.96. The number of nitrogens with zero attached hydrogens (tertiary/aromatic N) is 3. The van der Waals surface area contributed by atoms with Crippen molar-refractivity contribution < 1.29 is 4.79 Å². The summed E-state index contributed by atoms with van der Waals surface area (Å²) in [5.41, 5.74) is 2.07. The molecule has 0 aliphatic carbocycles. The van der Waals surface area contributed by atoms with Gasteiger partial charge in [0.05, 0.1) is 0 Å². The Bertz CT molecular complexity index is 719. The molecule has 0 bridgehead atoms. The second-order valence-electron chi connectivity index (χ2n) is 7.18. The maximum atomic E-state index is 11.8. The predicted octanol–water partition coefficient (Wildman–Crippen LogP) is 3.51. The largest absolute Gasteiger partial charge is 0.366 e. The number of carbonyl (C=O) groups is 1. The zero-order valence-electron chi connectivity index (χ0n) is 14.5. The summed E-state index contributed by atoms with van der Waals surface area (Å²) in [5.74, 6) is 1.88. The van der Waals surface area contributed by atoms with Crippen molar-refractivity contribution in [3.63, 3.8) is 0 Å². The molecule has 0 saturated carbocycles. The smallest absolute Gasteiger partial charge is 0.227 e. The molecule has 5 nitrogen and oxygen atoms in total. The Morgan fingerprint density at radius 1 is 1.17 bits per heavy atom. The average molecular weight is 324 g/mol. The number of rotatable bonds is 4. The maximum Gasteiger partial charge on any atom is 0.227 e. The van der Waals surface area contributed by atoms with Gasteiger partial charge in [-0.2, -0.15) is 0 Å². The van der Waals surface area contributed by atoms with Gasteiger partial charge in [0.2, 0.25) is 5.91 Å². The van der Waals surface area contributed by atoms with E-state index in [0.717, 1.165) is 35.9 Å². The third kappa shape index (κ3) is 3.72. The highest BCUT2D eigenvalue weighted by atomic mass is 16.2. The molecular formula is C19H24N4O. The molecule has 3 rings (SSSR count). The van der Waals surface area contributed by atoms with Gasteiger partial charge in [0.15, 0.2) is 0 Å². The number of amides is 1. The summed E-state index contributed by atoms with van der Waals surface area (Å²) in [4.78, 5) is 22.6. The molecule has 0 unspecified atom stereocenters. The minimum absolute atomic E-state index is 0.0679. The van der Waals surface area contributed by atoms with E-state index in [1.165, 1.54) is 0 Å². The van der Waals surface area contributed by atoms with Crippen LogP contribution in [0.3, 0.4) is 0 Å². The van der Waals surface area contributed by atoms with Crippen molar-refractivity contribution in [3.8, 4) is 0 Å². The van der Waals surface area contributed by atoms with Gasteiger partial charge in [-0.3, -0.25) is 4.79 Å². The fourth-order valence-electron chi connectivity index (χ4n) is 2.73. The van der Waals surface area contributed by atoms with Crippen molar-refractivity contribution in [3.05, 3.63) is 47.9 Å². The van der Waals surface area contributed by atoms with Crippen LogP contribution in [0.1, 0.15) is 45.0 Å². The Morgan fingerprint density at radius 3 is 2.54 bits per heavy atom. The molecule has 0 atom stereocenters. The van der Waals surface area contributed by atoms with Crippen LogP contribution < -0.4 is 10.2 Å². The second kappa shape index (κ2) is 6.59. The van der Waals surface area contributed by atoms with Crippen LogP contribution in [0.4, 0.5) is 11.5 Å². The summed E-state index contributed by atoms with van der Waals surface area (Å²) in [6.45, 7) is 7.82. The number of benzene rings is 1. The molecule has 5 heteroatoms. The van der Waals surface area contributed by atoms with Gasteiger partial charge in [-0.25, -0.2) is 9.97 Å². The van der Waals surface area contributed by atoms with E-state index in [0.29, 0.717) is 13.0 Å². The standard InChI is InChI=1S/C19H24N4O/c1-19(2,3)18-20-11-10-16(22-18)21-13-14-6-8-15(9-7-14)23-12-4-5-17(23)24/h6-11H,4-5,12-13H2,1-3H3,(H,20,21,22). The molecule has 24 heavy (non-hydrogen) atoms. The Labute approximate surface area is 143 Å². The van der Waals surface area contributed by atoms with Crippen molar-refractivity contribution in [2.24, 2.45) is 0 Å². The van der Waals surface area contributed by atoms with Crippen molar-refractivity contribution in [2.75, 3.05) is 16.8 Å². The number of hydrogen-bond donors (Lipinski definition) is 1. The minimum Gasteiger partial charge on any atom is -0.366 e. The molecule has 0 spiro atoms. The molecule has 2 aromatic rings. The van der Waals surface area contributed by atoms with Crippen molar-refractivity contribution in [2.45, 2.75) is 45.6 Å². The van der Waals surface area contributed by atoms with Gasteiger partial charge < -0.3 is 10.2 Å². The summed E-state index contributed by atoms with van der Waals surface area (Å²) < 4.78 is 0. The van der Waals surface area contributed by atoms with Crippen LogP contribution in [0.15, 0.2) is 36.5 Å². The highest BCUT2D eigenvalue weighted by Gasteiger charge is 2.21. The predicted molar refractivity (Wildman–Crippen MR) is 96.1 cm³/mol. The summed E-state index contributed by atoms with van der Waals surface area (Å²) in [6, 6.07) is 10.0. The van der Waals surface area contributed by atoms with Crippen LogP contribution in [-0.2, 0) is 16.8 Å². The van der Waals surface area contributed by atoms with Crippen LogP contribution in [0.5, 0.6) is 0 Å². The van der Waals surface area contributed by atoms with Crippen molar-refractivity contribution >= 4 is 17.4 Å². The fourth-order valence-corrected chi connectivity index (χ4v) is 2.73. The van der Waals surface area contributed by atoms with Crippen LogP contribution in [0.25, 0.3) is 0 Å². The molecule has 1 aromatic heterocycles. The van der Waals surface area contributed by atoms with E-state index >= 15 is 0 Å². The minimum atomic E-state index is -0.0679. The Morgan fingerprint density at radius 2 is 1.92 bits per heavy atom. The molecular weight excluding hydrogens is 300 g/mol. The highest BCUT2D eigenvalue weighted by molar-refractivity contribution is 5.95. The molecule has 1 aliphatic heterocycles. The quantitative estimate of drug-likeness (QED) is 0.935. The van der Waals surface area contributed by atoms with Gasteiger partial charge in [0, 0.05) is 36.8 Å². The summed E-state index contributed by atoms with van der Waals surface area (Å²) in [6.07, 6.45) is 3.40. The normalized spacial score (nSPS) is 15.0. The molecule has 1 aromatic carbocycles. The number of aromatic nitrogens is 2. The van der Waals surface area contributed by atoms with Gasteiger partial charge in [-0.15, -0.1) is 0 Å². The first-order chi connectivity index (χ1) is 11.4. The first kappa shape index (κ1) is 16.4. The third-order valence-electron chi connectivity index (χ3n) is 4.12. The van der Waals surface area contributed by atoms with Gasteiger partial charge in [-0.05, 0) is 30.2 Å². The van der Waals surface area contributed by atoms with E-state index < -0.39 is 0 Å². The second-order valence-corrected chi connectivity index (χ2v) is 7.18. The zero-order chi connectivity index (χ0) is 17.2. The van der Waals surface area contributed by atoms with E-state index in [1.54, 1.807) is 6.20 Å². The lowest BCUT2D eigenvalue weighted by Crippen LogP contribution is -2.23. The van der Waals surface area contributed by atoms with Gasteiger partial charge in [0.25, 0.3) is 0 Å². The van der Waals surface area contributed by atoms with Gasteiger partial charge >= 0.3 is 0 Å². The van der Waals surface area contributed by atoms with Crippen molar-refractivity contribution in [1.82, 2.24) is 9.97 Å². The van der Waals surface area contributed by atoms with Crippen LogP contribution in [0.2, 0.25) is 0 Å². The van der Waals surface area contributed by atoms with E-state index in [2.05, 4.69) is 48.2 Å². The molecule has 1 amide bonds. The van der Waals surface area contributed by atoms with E-state index in [1.807, 2.05) is 23.1 Å². The van der Waals surface area contributed by atoms with Crippen LogP contribution in [0, 0.1) is 0 Å². The molecule has 1 fully saturated rings. The summed E-state index contributed by atoms with van der Waals surface area (Å²) in [5, 5.41) is 3.34. The average Bonchev–Trinajstić information content (AvgIpc) is 2.99. The Hall–Kier alpha value is -2.43. The molecule has 2 heterocycles. The monoisotopic (exact) mass is 324 g/mol. The summed E-state index contributed by atoms with van der Waals surface area (Å²) in [7, 11) is 0. The molecule has 1 saturated heterocycles. The van der Waals surface area contributed by atoms with E-state index in [4.69, 9.17) is 0 Å². The lowest BCUT2D eigenvalue weighted by Gasteiger charge is -2.17. The Balaban J connectivity index is 1.64. The first-order valence-electron chi connectivity index (χ1n) is 8.40. The number of carbonyl (C=O) groups excluding carboxylic acids is 1. The highest BCUT2D eigenvalue weighted by Crippen LogP contribution is 2.22. The van der Waals surface area contributed by atoms with E-state index in [-0.39, 0.29) is 11.3 Å². The third-order valence-corrected chi connectivity index (χ3v) is 4.12.